The Bertz CT molecular complexity index is 2940. The van der Waals surface area contributed by atoms with E-state index in [1.165, 1.54) is 48.4 Å². The summed E-state index contributed by atoms with van der Waals surface area (Å²) in [6, 6.07) is 57.8. The second-order valence-corrected chi connectivity index (χ2v) is 14.0. The molecule has 0 saturated heterocycles. The number of aromatic nitrogens is 5. The van der Waals surface area contributed by atoms with Gasteiger partial charge in [0, 0.05) is 42.5 Å². The highest BCUT2D eigenvalue weighted by Gasteiger charge is 2.24. The molecule has 7 aromatic carbocycles. The summed E-state index contributed by atoms with van der Waals surface area (Å²) in [4.78, 5) is 17.6. The highest BCUT2D eigenvalue weighted by Crippen LogP contribution is 2.48. The molecule has 0 fully saturated rings. The van der Waals surface area contributed by atoms with Crippen molar-refractivity contribution < 1.29 is 0 Å². The molecular weight excluding hydrogens is 643 g/mol. The molecule has 10 aromatic rings. The summed E-state index contributed by atoms with van der Waals surface area (Å²) >= 11 is 1.86. The topological polar surface area (TPSA) is 48.5 Å². The van der Waals surface area contributed by atoms with Gasteiger partial charge in [-0.05, 0) is 53.6 Å². The van der Waals surface area contributed by atoms with Crippen molar-refractivity contribution in [2.45, 2.75) is 9.79 Å². The van der Waals surface area contributed by atoms with Crippen molar-refractivity contribution in [3.8, 4) is 45.5 Å². The summed E-state index contributed by atoms with van der Waals surface area (Å²) in [5.74, 6) is 1.88. The van der Waals surface area contributed by atoms with Gasteiger partial charge in [-0.3, -0.25) is 4.57 Å². The van der Waals surface area contributed by atoms with E-state index in [0.29, 0.717) is 17.6 Å². The van der Waals surface area contributed by atoms with E-state index in [1.807, 2.05) is 72.4 Å². The van der Waals surface area contributed by atoms with Crippen LogP contribution in [-0.2, 0) is 0 Å². The minimum atomic E-state index is 0.593. The average Bonchev–Trinajstić information content (AvgIpc) is 3.72. The molecular formula is C45H27N5S. The van der Waals surface area contributed by atoms with Crippen molar-refractivity contribution in [3.63, 3.8) is 0 Å². The van der Waals surface area contributed by atoms with Crippen molar-refractivity contribution in [3.05, 3.63) is 164 Å². The minimum Gasteiger partial charge on any atom is -0.307 e. The SMILES string of the molecule is c1ccc(-c2nc(-c3ccccc3)nc(-n3c4ccccc4c4cc(-c5ccc6c(c5)Sc5cccc7c8ccccc8n-6c57)ccc43)n2)cc1. The first-order valence-electron chi connectivity index (χ1n) is 17.0. The van der Waals surface area contributed by atoms with E-state index >= 15 is 0 Å². The van der Waals surface area contributed by atoms with Crippen LogP contribution in [0.4, 0.5) is 0 Å². The summed E-state index contributed by atoms with van der Waals surface area (Å²) < 4.78 is 4.62. The molecule has 6 heteroatoms. The fraction of sp³-hybridized carbons (Fsp3) is 0. The Kier molecular flexibility index (Phi) is 6.12. The number of rotatable bonds is 4. The zero-order valence-corrected chi connectivity index (χ0v) is 28.0. The quantitative estimate of drug-likeness (QED) is 0.187. The highest BCUT2D eigenvalue weighted by atomic mass is 32.2. The van der Waals surface area contributed by atoms with Gasteiger partial charge >= 0.3 is 0 Å². The van der Waals surface area contributed by atoms with Gasteiger partial charge in [-0.1, -0.05) is 133 Å². The van der Waals surface area contributed by atoms with Crippen LogP contribution in [0.15, 0.2) is 174 Å². The van der Waals surface area contributed by atoms with Gasteiger partial charge in [-0.25, -0.2) is 4.98 Å². The van der Waals surface area contributed by atoms with Gasteiger partial charge in [0.25, 0.3) is 0 Å². The lowest BCUT2D eigenvalue weighted by Gasteiger charge is -2.21. The number of hydrogen-bond donors (Lipinski definition) is 0. The van der Waals surface area contributed by atoms with Gasteiger partial charge in [-0.15, -0.1) is 0 Å². The Hall–Kier alpha value is -6.50. The maximum Gasteiger partial charge on any atom is 0.238 e. The first kappa shape index (κ1) is 28.3. The molecule has 11 rings (SSSR count). The van der Waals surface area contributed by atoms with Crippen LogP contribution in [0.1, 0.15) is 0 Å². The maximum absolute atomic E-state index is 5.09. The van der Waals surface area contributed by atoms with Gasteiger partial charge < -0.3 is 4.57 Å². The van der Waals surface area contributed by atoms with Crippen molar-refractivity contribution in [1.29, 1.82) is 0 Å². The number of hydrogen-bond acceptors (Lipinski definition) is 4. The molecule has 0 bridgehead atoms. The molecule has 5 nitrogen and oxygen atoms in total. The predicted octanol–water partition coefficient (Wildman–Crippen LogP) is 11.5. The summed E-state index contributed by atoms with van der Waals surface area (Å²) in [7, 11) is 0. The van der Waals surface area contributed by atoms with E-state index in [0.717, 1.165) is 32.9 Å². The van der Waals surface area contributed by atoms with Crippen LogP contribution in [0.25, 0.3) is 89.2 Å². The first-order valence-corrected chi connectivity index (χ1v) is 17.9. The second-order valence-electron chi connectivity index (χ2n) is 12.9. The molecule has 4 heterocycles. The second kappa shape index (κ2) is 11.0. The molecule has 0 atom stereocenters. The van der Waals surface area contributed by atoms with Crippen molar-refractivity contribution in [2.75, 3.05) is 0 Å². The average molecular weight is 670 g/mol. The van der Waals surface area contributed by atoms with Crippen LogP contribution in [0.2, 0.25) is 0 Å². The Morgan fingerprint density at radius 2 is 0.941 bits per heavy atom. The molecule has 0 saturated carbocycles. The molecule has 0 N–H and O–H groups in total. The fourth-order valence-electron chi connectivity index (χ4n) is 7.66. The van der Waals surface area contributed by atoms with Crippen LogP contribution in [-0.4, -0.2) is 24.1 Å². The highest BCUT2D eigenvalue weighted by molar-refractivity contribution is 7.99. The molecule has 51 heavy (non-hydrogen) atoms. The Balaban J connectivity index is 1.09. The van der Waals surface area contributed by atoms with Crippen LogP contribution < -0.4 is 0 Å². The Labute approximate surface area is 297 Å². The van der Waals surface area contributed by atoms with Crippen molar-refractivity contribution >= 4 is 55.4 Å². The van der Waals surface area contributed by atoms with Crippen molar-refractivity contribution in [2.24, 2.45) is 0 Å². The largest absolute Gasteiger partial charge is 0.307 e. The summed E-state index contributed by atoms with van der Waals surface area (Å²) in [5, 5.41) is 4.90. The lowest BCUT2D eigenvalue weighted by atomic mass is 10.0. The van der Waals surface area contributed by atoms with Crippen LogP contribution in [0, 0.1) is 0 Å². The molecule has 1 aliphatic heterocycles. The number of fused-ring (bicyclic) bond motifs is 8. The zero-order valence-electron chi connectivity index (χ0n) is 27.2. The molecule has 0 spiro atoms. The number of nitrogens with zero attached hydrogens (tertiary/aromatic N) is 5. The molecule has 238 valence electrons. The molecule has 0 unspecified atom stereocenters. The van der Waals surface area contributed by atoms with Gasteiger partial charge in [0.1, 0.15) is 0 Å². The maximum atomic E-state index is 5.09. The minimum absolute atomic E-state index is 0.593. The van der Waals surface area contributed by atoms with Crippen LogP contribution in [0.3, 0.4) is 0 Å². The van der Waals surface area contributed by atoms with E-state index in [4.69, 9.17) is 15.0 Å². The number of benzene rings is 7. The predicted molar refractivity (Wildman–Crippen MR) is 209 cm³/mol. The van der Waals surface area contributed by atoms with Crippen LogP contribution in [0.5, 0.6) is 0 Å². The lowest BCUT2D eigenvalue weighted by Crippen LogP contribution is -2.06. The van der Waals surface area contributed by atoms with E-state index < -0.39 is 0 Å². The summed E-state index contributed by atoms with van der Waals surface area (Å²) in [6.07, 6.45) is 0. The van der Waals surface area contributed by atoms with Gasteiger partial charge in [0.05, 0.1) is 27.8 Å². The molecule has 0 radical (unpaired) electrons. The van der Waals surface area contributed by atoms with E-state index in [2.05, 4.69) is 112 Å². The van der Waals surface area contributed by atoms with E-state index in [-0.39, 0.29) is 0 Å². The normalized spacial score (nSPS) is 12.2. The smallest absolute Gasteiger partial charge is 0.238 e. The Morgan fingerprint density at radius 1 is 0.373 bits per heavy atom. The summed E-state index contributed by atoms with van der Waals surface area (Å²) in [5.41, 5.74) is 10.1. The van der Waals surface area contributed by atoms with Crippen molar-refractivity contribution in [1.82, 2.24) is 24.1 Å². The monoisotopic (exact) mass is 669 g/mol. The van der Waals surface area contributed by atoms with Gasteiger partial charge in [0.15, 0.2) is 11.6 Å². The standard InChI is InChI=1S/C45H27N5S/c1-3-12-28(13-4-1)43-46-44(29-14-5-2-6-15-29)48-45(47-43)50-37-20-10-8-17-33(37)35-26-30(22-24-38(35)50)31-23-25-39-41(27-31)51-40-21-11-18-34-32-16-7-9-19-36(32)49(39)42(34)40/h1-27H. The third kappa shape index (κ3) is 4.33. The van der Waals surface area contributed by atoms with Crippen LogP contribution >= 0.6 is 11.8 Å². The number of para-hydroxylation sites is 3. The molecule has 3 aromatic heterocycles. The van der Waals surface area contributed by atoms with Gasteiger partial charge in [-0.2, -0.15) is 9.97 Å². The summed E-state index contributed by atoms with van der Waals surface area (Å²) in [6.45, 7) is 0. The molecule has 0 amide bonds. The molecule has 1 aliphatic rings. The fourth-order valence-corrected chi connectivity index (χ4v) is 8.79. The molecule has 0 aliphatic carbocycles. The third-order valence-corrected chi connectivity index (χ3v) is 11.1. The zero-order chi connectivity index (χ0) is 33.5. The van der Waals surface area contributed by atoms with E-state index in [1.54, 1.807) is 0 Å². The first-order chi connectivity index (χ1) is 25.3. The van der Waals surface area contributed by atoms with E-state index in [9.17, 15) is 0 Å². The lowest BCUT2D eigenvalue weighted by molar-refractivity contribution is 0.953. The Morgan fingerprint density at radius 3 is 1.67 bits per heavy atom. The third-order valence-electron chi connectivity index (χ3n) is 9.97. The van der Waals surface area contributed by atoms with Gasteiger partial charge in [0.2, 0.25) is 5.95 Å².